The topological polar surface area (TPSA) is 69.6 Å². The van der Waals surface area contributed by atoms with Gasteiger partial charge in [0.05, 0.1) is 0 Å². The van der Waals surface area contributed by atoms with Gasteiger partial charge in [-0.3, -0.25) is 4.79 Å². The molecule has 0 fully saturated rings. The summed E-state index contributed by atoms with van der Waals surface area (Å²) in [4.78, 5) is 11.9. The Balaban J connectivity index is 2.27. The maximum absolute atomic E-state index is 13.4. The van der Waals surface area contributed by atoms with E-state index in [0.717, 1.165) is 12.1 Å². The molecule has 0 unspecified atom stereocenters. The molecule has 0 heterocycles. The van der Waals surface area contributed by atoms with Crippen LogP contribution in [0.15, 0.2) is 36.4 Å². The Morgan fingerprint density at radius 2 is 1.76 bits per heavy atom. The molecule has 0 saturated carbocycles. The zero-order valence-electron chi connectivity index (χ0n) is 10.5. The minimum atomic E-state index is -1.78. The van der Waals surface area contributed by atoms with Crippen LogP contribution in [0.3, 0.4) is 0 Å². The van der Waals surface area contributed by atoms with Crippen molar-refractivity contribution in [3.8, 4) is 0 Å². The quantitative estimate of drug-likeness (QED) is 0.753. The van der Waals surface area contributed by atoms with Crippen LogP contribution >= 0.6 is 11.6 Å². The van der Waals surface area contributed by atoms with Crippen LogP contribution < -0.4 is 10.8 Å². The van der Waals surface area contributed by atoms with Gasteiger partial charge in [0.25, 0.3) is 5.91 Å². The number of anilines is 1. The SMILES string of the molecule is O=C(Nc1c(F)cccc1F)c1ccc(B(O)O)c(Cl)c1. The molecule has 0 atom stereocenters. The van der Waals surface area contributed by atoms with E-state index >= 15 is 0 Å². The van der Waals surface area contributed by atoms with E-state index in [9.17, 15) is 13.6 Å². The maximum Gasteiger partial charge on any atom is 0.489 e. The van der Waals surface area contributed by atoms with Gasteiger partial charge in [-0.1, -0.05) is 23.7 Å². The first-order chi connectivity index (χ1) is 9.90. The molecule has 0 aliphatic rings. The van der Waals surface area contributed by atoms with E-state index in [-0.39, 0.29) is 16.0 Å². The third kappa shape index (κ3) is 3.39. The summed E-state index contributed by atoms with van der Waals surface area (Å²) in [6.07, 6.45) is 0. The standard InChI is InChI=1S/C13H9BClF2NO3/c15-9-6-7(4-5-8(9)14(20)21)13(19)18-12-10(16)2-1-3-11(12)17/h1-6,20-21H,(H,18,19). The molecule has 2 aromatic carbocycles. The van der Waals surface area contributed by atoms with Crippen molar-refractivity contribution in [1.29, 1.82) is 0 Å². The van der Waals surface area contributed by atoms with Crippen molar-refractivity contribution in [3.05, 3.63) is 58.6 Å². The molecular weight excluding hydrogens is 302 g/mol. The van der Waals surface area contributed by atoms with Gasteiger partial charge in [0, 0.05) is 16.0 Å². The molecule has 0 aliphatic heterocycles. The van der Waals surface area contributed by atoms with Gasteiger partial charge in [-0.25, -0.2) is 8.78 Å². The summed E-state index contributed by atoms with van der Waals surface area (Å²) >= 11 is 5.79. The molecule has 21 heavy (non-hydrogen) atoms. The van der Waals surface area contributed by atoms with Crippen molar-refractivity contribution in [2.75, 3.05) is 5.32 Å². The summed E-state index contributed by atoms with van der Waals surface area (Å²) < 4.78 is 26.9. The smallest absolute Gasteiger partial charge is 0.423 e. The molecule has 0 aromatic heterocycles. The molecule has 3 N–H and O–H groups in total. The first-order valence-corrected chi connectivity index (χ1v) is 6.19. The average molecular weight is 311 g/mol. The molecule has 2 aromatic rings. The first kappa shape index (κ1) is 15.4. The number of rotatable bonds is 3. The molecular formula is C13H9BClF2NO3. The molecule has 0 saturated heterocycles. The Kier molecular flexibility index (Phi) is 4.57. The minimum absolute atomic E-state index is 0.0188. The predicted octanol–water partition coefficient (Wildman–Crippen LogP) is 1.55. The molecule has 8 heteroatoms. The minimum Gasteiger partial charge on any atom is -0.423 e. The maximum atomic E-state index is 13.4. The van der Waals surface area contributed by atoms with E-state index < -0.39 is 30.3 Å². The highest BCUT2D eigenvalue weighted by Gasteiger charge is 2.18. The second kappa shape index (κ2) is 6.21. The number of para-hydroxylation sites is 1. The molecule has 4 nitrogen and oxygen atoms in total. The van der Waals surface area contributed by atoms with Crippen LogP contribution in [0.25, 0.3) is 0 Å². The largest absolute Gasteiger partial charge is 0.489 e. The summed E-state index contributed by atoms with van der Waals surface area (Å²) in [6, 6.07) is 6.86. The van der Waals surface area contributed by atoms with Gasteiger partial charge in [-0.2, -0.15) is 0 Å². The van der Waals surface area contributed by atoms with Gasteiger partial charge in [-0.05, 0) is 24.3 Å². The molecule has 0 spiro atoms. The summed E-state index contributed by atoms with van der Waals surface area (Å²) in [7, 11) is -1.78. The Morgan fingerprint density at radius 1 is 1.14 bits per heavy atom. The van der Waals surface area contributed by atoms with Gasteiger partial charge >= 0.3 is 7.12 Å². The molecule has 0 radical (unpaired) electrons. The lowest BCUT2D eigenvalue weighted by Gasteiger charge is -2.09. The summed E-state index contributed by atoms with van der Waals surface area (Å²) in [5, 5.41) is 20.1. The van der Waals surface area contributed by atoms with E-state index in [1.54, 1.807) is 0 Å². The van der Waals surface area contributed by atoms with E-state index in [1.165, 1.54) is 24.3 Å². The molecule has 0 aliphatic carbocycles. The second-order valence-corrected chi connectivity index (χ2v) is 4.57. The van der Waals surface area contributed by atoms with Crippen molar-refractivity contribution in [1.82, 2.24) is 0 Å². The van der Waals surface area contributed by atoms with Crippen molar-refractivity contribution in [3.63, 3.8) is 0 Å². The Morgan fingerprint density at radius 3 is 2.29 bits per heavy atom. The lowest BCUT2D eigenvalue weighted by Crippen LogP contribution is -2.31. The first-order valence-electron chi connectivity index (χ1n) is 5.81. The highest BCUT2D eigenvalue weighted by Crippen LogP contribution is 2.19. The van der Waals surface area contributed by atoms with E-state index in [4.69, 9.17) is 21.6 Å². The zero-order valence-corrected chi connectivity index (χ0v) is 11.2. The van der Waals surface area contributed by atoms with Gasteiger partial charge in [0.2, 0.25) is 0 Å². The van der Waals surface area contributed by atoms with Gasteiger partial charge < -0.3 is 15.4 Å². The van der Waals surface area contributed by atoms with Crippen LogP contribution in [-0.2, 0) is 0 Å². The fourth-order valence-electron chi connectivity index (χ4n) is 1.68. The fourth-order valence-corrected chi connectivity index (χ4v) is 1.96. The molecule has 2 rings (SSSR count). The summed E-state index contributed by atoms with van der Waals surface area (Å²) in [5.74, 6) is -2.59. The van der Waals surface area contributed by atoms with Crippen LogP contribution in [0.2, 0.25) is 5.02 Å². The third-order valence-electron chi connectivity index (χ3n) is 2.74. The third-order valence-corrected chi connectivity index (χ3v) is 3.07. The number of nitrogens with one attached hydrogen (secondary N) is 1. The number of amides is 1. The van der Waals surface area contributed by atoms with E-state index in [0.29, 0.717) is 0 Å². The van der Waals surface area contributed by atoms with Crippen molar-refractivity contribution in [2.24, 2.45) is 0 Å². The number of hydrogen-bond donors (Lipinski definition) is 3. The number of halogens is 3. The normalized spacial score (nSPS) is 10.3. The van der Waals surface area contributed by atoms with Crippen LogP contribution in [0.5, 0.6) is 0 Å². The van der Waals surface area contributed by atoms with Gasteiger partial charge in [0.1, 0.15) is 17.3 Å². The molecule has 0 bridgehead atoms. The van der Waals surface area contributed by atoms with Crippen molar-refractivity contribution >= 4 is 35.8 Å². The van der Waals surface area contributed by atoms with Crippen LogP contribution in [0, 0.1) is 11.6 Å². The van der Waals surface area contributed by atoms with Crippen LogP contribution in [0.4, 0.5) is 14.5 Å². The van der Waals surface area contributed by atoms with Crippen LogP contribution in [0.1, 0.15) is 10.4 Å². The fraction of sp³-hybridized carbons (Fsp3) is 0. The highest BCUT2D eigenvalue weighted by molar-refractivity contribution is 6.62. The Hall–Kier alpha value is -1.96. The number of hydrogen-bond acceptors (Lipinski definition) is 3. The number of benzene rings is 2. The predicted molar refractivity (Wildman–Crippen MR) is 75.6 cm³/mol. The van der Waals surface area contributed by atoms with Crippen molar-refractivity contribution < 1.29 is 23.6 Å². The van der Waals surface area contributed by atoms with Gasteiger partial charge in [-0.15, -0.1) is 0 Å². The number of carbonyl (C=O) groups excluding carboxylic acids is 1. The zero-order chi connectivity index (χ0) is 15.6. The lowest BCUT2D eigenvalue weighted by molar-refractivity contribution is 0.102. The van der Waals surface area contributed by atoms with Crippen molar-refractivity contribution in [2.45, 2.75) is 0 Å². The van der Waals surface area contributed by atoms with Gasteiger partial charge in [0.15, 0.2) is 0 Å². The summed E-state index contributed by atoms with van der Waals surface area (Å²) in [5.41, 5.74) is -0.526. The lowest BCUT2D eigenvalue weighted by atomic mass is 9.80. The summed E-state index contributed by atoms with van der Waals surface area (Å²) in [6.45, 7) is 0. The Labute approximate surface area is 124 Å². The number of carbonyl (C=O) groups is 1. The second-order valence-electron chi connectivity index (χ2n) is 4.16. The highest BCUT2D eigenvalue weighted by atomic mass is 35.5. The van der Waals surface area contributed by atoms with Crippen LogP contribution in [-0.4, -0.2) is 23.1 Å². The van der Waals surface area contributed by atoms with E-state index in [1.807, 2.05) is 0 Å². The van der Waals surface area contributed by atoms with E-state index in [2.05, 4.69) is 5.32 Å². The molecule has 1 amide bonds. The average Bonchev–Trinajstić information content (AvgIpc) is 2.42. The Bertz CT molecular complexity index is 677. The molecule has 108 valence electrons. The monoisotopic (exact) mass is 311 g/mol.